The summed E-state index contributed by atoms with van der Waals surface area (Å²) in [6, 6.07) is 11.4. The molecule has 5 aliphatic rings. The highest BCUT2D eigenvalue weighted by atomic mass is 79.9. The van der Waals surface area contributed by atoms with Crippen LogP contribution < -0.4 is 4.74 Å². The number of amides is 1. The number of phenolic OH excluding ortho intramolecular Hbond substituents is 1. The molecule has 1 spiro atoms. The van der Waals surface area contributed by atoms with E-state index in [9.17, 15) is 15.0 Å². The van der Waals surface area contributed by atoms with Gasteiger partial charge in [0.1, 0.15) is 6.10 Å². The summed E-state index contributed by atoms with van der Waals surface area (Å²) in [4.78, 5) is 17.7. The van der Waals surface area contributed by atoms with E-state index in [1.54, 1.807) is 17.0 Å². The number of carbonyl (C=O) groups is 1. The number of nitrogens with zero attached hydrogens (tertiary/aromatic N) is 2. The Bertz CT molecular complexity index is 1310. The first-order chi connectivity index (χ1) is 17.8. The van der Waals surface area contributed by atoms with Crippen LogP contribution in [0, 0.1) is 5.92 Å². The van der Waals surface area contributed by atoms with Crippen molar-refractivity contribution in [1.82, 2.24) is 9.80 Å². The van der Waals surface area contributed by atoms with Gasteiger partial charge in [-0.15, -0.1) is 0 Å². The largest absolute Gasteiger partial charge is 0.504 e. The first-order valence-electron chi connectivity index (χ1n) is 13.5. The van der Waals surface area contributed by atoms with Crippen LogP contribution in [0.5, 0.6) is 11.5 Å². The summed E-state index contributed by atoms with van der Waals surface area (Å²) in [6.07, 6.45) is 8.46. The fraction of sp³-hybridized carbons (Fsp3) is 0.500. The second-order valence-corrected chi connectivity index (χ2v) is 12.6. The van der Waals surface area contributed by atoms with E-state index in [0.29, 0.717) is 18.6 Å². The number of aliphatic hydroxyl groups is 1. The van der Waals surface area contributed by atoms with Crippen molar-refractivity contribution in [2.75, 3.05) is 20.1 Å². The molecule has 2 aromatic carbocycles. The Morgan fingerprint density at radius 1 is 1.24 bits per heavy atom. The number of phenols is 1. The highest BCUT2D eigenvalue weighted by Crippen LogP contribution is 2.66. The Kier molecular flexibility index (Phi) is 5.34. The van der Waals surface area contributed by atoms with Crippen molar-refractivity contribution in [3.63, 3.8) is 0 Å². The Morgan fingerprint density at radius 3 is 2.86 bits per heavy atom. The van der Waals surface area contributed by atoms with Crippen molar-refractivity contribution in [2.45, 2.75) is 67.7 Å². The predicted octanol–water partition coefficient (Wildman–Crippen LogP) is 4.26. The lowest BCUT2D eigenvalue weighted by Gasteiger charge is -2.64. The molecule has 6 nitrogen and oxygen atoms in total. The SMILES string of the molecule is CN(C(=O)/C=C/c1cccc(Br)c1)C1CC[C@@]2(O)[C@H]3Cc4ccc(O)c5c4[C@@]2(CCN3CC2CC2)C1O5. The first-order valence-corrected chi connectivity index (χ1v) is 14.3. The molecule has 0 radical (unpaired) electrons. The molecule has 1 amide bonds. The molecule has 3 aliphatic carbocycles. The second-order valence-electron chi connectivity index (χ2n) is 11.7. The maximum Gasteiger partial charge on any atom is 0.246 e. The van der Waals surface area contributed by atoms with Gasteiger partial charge in [0.25, 0.3) is 0 Å². The first kappa shape index (κ1) is 23.7. The van der Waals surface area contributed by atoms with Crippen molar-refractivity contribution >= 4 is 27.9 Å². The van der Waals surface area contributed by atoms with Crippen molar-refractivity contribution in [2.24, 2.45) is 5.92 Å². The number of likely N-dealkylation sites (tertiary alicyclic amines) is 1. The van der Waals surface area contributed by atoms with Crippen LogP contribution >= 0.6 is 15.9 Å². The van der Waals surface area contributed by atoms with Crippen LogP contribution in [0.1, 0.15) is 48.8 Å². The number of hydrogen-bond acceptors (Lipinski definition) is 5. The van der Waals surface area contributed by atoms with E-state index in [-0.39, 0.29) is 23.7 Å². The lowest BCUT2D eigenvalue weighted by atomic mass is 9.48. The summed E-state index contributed by atoms with van der Waals surface area (Å²) < 4.78 is 7.58. The molecular weight excluding hydrogens is 532 g/mol. The number of aromatic hydroxyl groups is 1. The van der Waals surface area contributed by atoms with E-state index >= 15 is 0 Å². The third-order valence-corrected chi connectivity index (χ3v) is 10.3. The quantitative estimate of drug-likeness (QED) is 0.531. The number of rotatable bonds is 5. The fourth-order valence-corrected chi connectivity index (χ4v) is 8.33. The molecule has 7 heteroatoms. The van der Waals surface area contributed by atoms with E-state index in [4.69, 9.17) is 4.74 Å². The van der Waals surface area contributed by atoms with Gasteiger partial charge in [0.05, 0.1) is 17.1 Å². The highest BCUT2D eigenvalue weighted by molar-refractivity contribution is 9.10. The summed E-state index contributed by atoms with van der Waals surface area (Å²) in [6.45, 7) is 1.96. The number of piperidine rings is 1. The van der Waals surface area contributed by atoms with Gasteiger partial charge in [-0.3, -0.25) is 9.69 Å². The van der Waals surface area contributed by atoms with Crippen LogP contribution in [0.2, 0.25) is 0 Å². The molecular formula is C30H33BrN2O4. The predicted molar refractivity (Wildman–Crippen MR) is 145 cm³/mol. The number of halogens is 1. The summed E-state index contributed by atoms with van der Waals surface area (Å²) in [5.41, 5.74) is 1.56. The van der Waals surface area contributed by atoms with Crippen molar-refractivity contribution in [1.29, 1.82) is 0 Å². The maximum atomic E-state index is 13.4. The topological polar surface area (TPSA) is 73.2 Å². The van der Waals surface area contributed by atoms with Crippen LogP contribution in [0.15, 0.2) is 46.9 Å². The number of benzene rings is 2. The minimum atomic E-state index is -0.941. The zero-order valence-corrected chi connectivity index (χ0v) is 22.7. The minimum Gasteiger partial charge on any atom is -0.504 e. The van der Waals surface area contributed by atoms with Crippen molar-refractivity contribution < 1.29 is 19.7 Å². The van der Waals surface area contributed by atoms with E-state index in [0.717, 1.165) is 47.4 Å². The van der Waals surface area contributed by atoms with Crippen LogP contribution in [0.4, 0.5) is 0 Å². The van der Waals surface area contributed by atoms with Gasteiger partial charge in [-0.05, 0) is 86.4 Å². The molecule has 2 heterocycles. The molecule has 2 N–H and O–H groups in total. The van der Waals surface area contributed by atoms with Gasteiger partial charge in [0.2, 0.25) is 5.91 Å². The van der Waals surface area contributed by atoms with E-state index in [1.807, 2.05) is 43.5 Å². The number of carbonyl (C=O) groups excluding carboxylic acids is 1. The fourth-order valence-electron chi connectivity index (χ4n) is 7.91. The smallest absolute Gasteiger partial charge is 0.246 e. The van der Waals surface area contributed by atoms with Crippen LogP contribution in [0.3, 0.4) is 0 Å². The summed E-state index contributed by atoms with van der Waals surface area (Å²) in [5.74, 6) is 1.31. The van der Waals surface area contributed by atoms with E-state index < -0.39 is 17.1 Å². The highest BCUT2D eigenvalue weighted by Gasteiger charge is 2.73. The Balaban J connectivity index is 1.25. The monoisotopic (exact) mass is 564 g/mol. The van der Waals surface area contributed by atoms with E-state index in [2.05, 4.69) is 20.8 Å². The van der Waals surface area contributed by atoms with E-state index in [1.165, 1.54) is 18.4 Å². The number of hydrogen-bond donors (Lipinski definition) is 2. The van der Waals surface area contributed by atoms with Gasteiger partial charge in [-0.25, -0.2) is 0 Å². The molecule has 5 atom stereocenters. The van der Waals surface area contributed by atoms with Gasteiger partial charge < -0.3 is 19.8 Å². The van der Waals surface area contributed by atoms with Gasteiger partial charge in [0.15, 0.2) is 11.5 Å². The standard InChI is InChI=1S/C30H33BrN2O4/c1-32(25(35)10-7-18-3-2-4-21(31)15-18)22-11-12-30(36)24-16-20-8-9-23(34)27-26(20)29(30,28(22)37-27)13-14-33(24)17-19-5-6-19/h2-4,7-10,15,19,22,24,28,34,36H,5-6,11-14,16-17H2,1H3/b10-7+/t22?,24-,28?,29+,30-/m1/s1. The molecule has 7 rings (SSSR count). The van der Waals surface area contributed by atoms with Crippen LogP contribution in [0.25, 0.3) is 6.08 Å². The number of ether oxygens (including phenoxy) is 1. The lowest BCUT2D eigenvalue weighted by molar-refractivity contribution is -0.200. The molecule has 194 valence electrons. The van der Waals surface area contributed by atoms with Crippen molar-refractivity contribution in [3.8, 4) is 11.5 Å². The van der Waals surface area contributed by atoms with Gasteiger partial charge >= 0.3 is 0 Å². The Labute approximate surface area is 226 Å². The summed E-state index contributed by atoms with van der Waals surface area (Å²) >= 11 is 3.48. The molecule has 2 bridgehead atoms. The molecule has 1 saturated heterocycles. The minimum absolute atomic E-state index is 0.0364. The zero-order chi connectivity index (χ0) is 25.5. The summed E-state index contributed by atoms with van der Waals surface area (Å²) in [5, 5.41) is 23.4. The third-order valence-electron chi connectivity index (χ3n) is 9.84. The Hall–Kier alpha value is -2.35. The lowest BCUT2D eigenvalue weighted by Crippen LogP contribution is -2.78. The van der Waals surface area contributed by atoms with Gasteiger partial charge in [-0.2, -0.15) is 0 Å². The van der Waals surface area contributed by atoms with Crippen LogP contribution in [-0.4, -0.2) is 69.8 Å². The molecule has 2 aromatic rings. The average molecular weight is 566 g/mol. The van der Waals surface area contributed by atoms with Gasteiger partial charge in [-0.1, -0.05) is 34.1 Å². The third kappa shape index (κ3) is 3.39. The molecule has 3 fully saturated rings. The van der Waals surface area contributed by atoms with Crippen molar-refractivity contribution in [3.05, 3.63) is 63.6 Å². The second kappa shape index (κ2) is 8.32. The Morgan fingerprint density at radius 2 is 2.08 bits per heavy atom. The van der Waals surface area contributed by atoms with Gasteiger partial charge in [0, 0.05) is 35.7 Å². The molecule has 37 heavy (non-hydrogen) atoms. The molecule has 2 saturated carbocycles. The molecule has 2 aliphatic heterocycles. The average Bonchev–Trinajstić information content (AvgIpc) is 3.62. The molecule has 2 unspecified atom stereocenters. The number of likely N-dealkylation sites (N-methyl/N-ethyl adjacent to an activating group) is 1. The zero-order valence-electron chi connectivity index (χ0n) is 21.1. The maximum absolute atomic E-state index is 13.4. The normalized spacial score (nSPS) is 33.8. The molecule has 0 aromatic heterocycles. The summed E-state index contributed by atoms with van der Waals surface area (Å²) in [7, 11) is 1.84. The van der Waals surface area contributed by atoms with Crippen LogP contribution in [-0.2, 0) is 16.6 Å².